The van der Waals surface area contributed by atoms with Crippen molar-refractivity contribution in [3.8, 4) is 0 Å². The molecule has 4 saturated heterocycles. The van der Waals surface area contributed by atoms with Gasteiger partial charge in [-0.1, -0.05) is 29.4 Å². The third kappa shape index (κ3) is 14.4. The summed E-state index contributed by atoms with van der Waals surface area (Å²) in [6, 6.07) is 0. The molecule has 4 aliphatic rings. The van der Waals surface area contributed by atoms with Crippen molar-refractivity contribution in [2.24, 2.45) is 0 Å². The number of carbonyl (C=O) groups is 1. The van der Waals surface area contributed by atoms with Gasteiger partial charge in [0.05, 0.1) is 37.1 Å². The van der Waals surface area contributed by atoms with Gasteiger partial charge in [0.1, 0.15) is 79.4 Å². The van der Waals surface area contributed by atoms with Crippen LogP contribution >= 0.6 is 0 Å². The van der Waals surface area contributed by atoms with Gasteiger partial charge in [0.25, 0.3) is 0 Å². The molecule has 0 unspecified atom stereocenters. The lowest BCUT2D eigenvalue weighted by Crippen LogP contribution is -2.64. The molecule has 13 N–H and O–H groups in total. The summed E-state index contributed by atoms with van der Waals surface area (Å²) in [5, 5.41) is 135. The highest BCUT2D eigenvalue weighted by Crippen LogP contribution is 2.32. The minimum atomic E-state index is -1.89. The van der Waals surface area contributed by atoms with E-state index in [0.29, 0.717) is 25.7 Å². The summed E-state index contributed by atoms with van der Waals surface area (Å²) in [5.41, 5.74) is 0.869. The van der Waals surface area contributed by atoms with Crippen molar-refractivity contribution in [2.75, 3.05) is 13.2 Å². The molecule has 0 radical (unpaired) electrons. The molecule has 4 aliphatic heterocycles. The Morgan fingerprint density at radius 3 is 1.91 bits per heavy atom. The second-order valence-electron chi connectivity index (χ2n) is 17.9. The Morgan fingerprint density at radius 1 is 0.682 bits per heavy atom. The summed E-state index contributed by atoms with van der Waals surface area (Å²) in [4.78, 5) is 13.3. The highest BCUT2D eigenvalue weighted by atomic mass is 16.7. The molecule has 66 heavy (non-hydrogen) atoms. The average molecular weight is 953 g/mol. The smallest absolute Gasteiger partial charge is 0.334 e. The van der Waals surface area contributed by atoms with Crippen LogP contribution in [0.25, 0.3) is 0 Å². The molecule has 22 atom stereocenters. The molecule has 0 aliphatic carbocycles. The number of aliphatic hydroxyl groups is 13. The van der Waals surface area contributed by atoms with Crippen LogP contribution in [0, 0.1) is 0 Å². The van der Waals surface area contributed by atoms with Gasteiger partial charge in [-0.15, -0.1) is 6.58 Å². The number of carbonyl (C=O) groups excluding carboxylic acids is 1. The number of esters is 1. The fraction of sp³-hybridized carbons (Fsp3) is 0.795. The molecule has 380 valence electrons. The van der Waals surface area contributed by atoms with Crippen molar-refractivity contribution in [2.45, 2.75) is 208 Å². The van der Waals surface area contributed by atoms with Crippen molar-refractivity contribution < 1.29 is 109 Å². The monoisotopic (exact) mass is 952 g/mol. The summed E-state index contributed by atoms with van der Waals surface area (Å²) >= 11 is 0. The number of hydrogen-bond donors (Lipinski definition) is 13. The normalized spacial score (nSPS) is 42.1. The summed E-state index contributed by atoms with van der Waals surface area (Å²) < 4.78 is 44.6. The molecule has 0 aromatic rings. The maximum atomic E-state index is 13.3. The lowest BCUT2D eigenvalue weighted by atomic mass is 9.96. The lowest BCUT2D eigenvalue weighted by molar-refractivity contribution is -0.360. The van der Waals surface area contributed by atoms with Crippen LogP contribution in [-0.4, -0.2) is 220 Å². The van der Waals surface area contributed by atoms with Crippen LogP contribution in [0.4, 0.5) is 0 Å². The largest absolute Gasteiger partial charge is 0.451 e. The Labute approximate surface area is 383 Å². The zero-order valence-electron chi connectivity index (χ0n) is 38.1. The Bertz CT molecular complexity index is 1630. The SMILES string of the molecule is C=C[C@](C)(CC/C=C(\C)CC/C=C(\C)C[C@@H](O)/C=C(\C)C(=O)O[C@H]1[C@H](OC[C@H]2O[C@@H](O[C@@H]3[C@@H](O)[C@H](C)O[C@@H](O)[C@@H]3O)[C@H](O)[C@@H](O)[C@@H]2O)O[C@@H](C)[C@H](O)[C@H]1O)O[C@@H]1O[C@H](CO)[C@@H](O)[C@H](O)[C@H]1O. The topological polar surface area (TPSA) is 354 Å². The van der Waals surface area contributed by atoms with E-state index in [2.05, 4.69) is 6.58 Å². The molecule has 22 nitrogen and oxygen atoms in total. The molecule has 0 aromatic carbocycles. The summed E-state index contributed by atoms with van der Waals surface area (Å²) in [7, 11) is 0. The van der Waals surface area contributed by atoms with Crippen LogP contribution in [0.1, 0.15) is 73.6 Å². The maximum absolute atomic E-state index is 13.3. The molecule has 0 amide bonds. The fourth-order valence-electron chi connectivity index (χ4n) is 7.88. The molecule has 22 heteroatoms. The second-order valence-corrected chi connectivity index (χ2v) is 17.9. The third-order valence-electron chi connectivity index (χ3n) is 12.3. The van der Waals surface area contributed by atoms with Gasteiger partial charge in [0.2, 0.25) is 0 Å². The van der Waals surface area contributed by atoms with Crippen LogP contribution in [0.2, 0.25) is 0 Å². The minimum absolute atomic E-state index is 0.0461. The van der Waals surface area contributed by atoms with Crippen molar-refractivity contribution in [1.82, 2.24) is 0 Å². The van der Waals surface area contributed by atoms with Gasteiger partial charge in [-0.25, -0.2) is 4.79 Å². The van der Waals surface area contributed by atoms with Crippen molar-refractivity contribution >= 4 is 5.97 Å². The minimum Gasteiger partial charge on any atom is -0.451 e. The standard InChI is InChI=1S/C44H72O22/c1-8-44(7,66-42-35(55)31(51)29(49)25(17-45)62-42)14-10-13-19(2)11-9-12-20(3)15-24(46)16-21(4)39(57)64-38-33(53)27(47)22(5)61-43(38)59-18-26-30(50)32(52)34(54)41(63-26)65-37-28(48)23(6)60-40(58)36(37)56/h8,12-13,16,22-38,40-43,45-56,58H,1,9-11,14-15,17-18H2,2-7H3/b19-13+,20-12+,21-16+/t22-,23-,24+,25+,26+,27-,28-,29+,30+,31-,32-,33+,34+,35+,36+,37+,38+,40+,41-,42-,43+,44+/m0/s1. The van der Waals surface area contributed by atoms with Crippen molar-refractivity contribution in [1.29, 1.82) is 0 Å². The van der Waals surface area contributed by atoms with Gasteiger partial charge in [-0.2, -0.15) is 0 Å². The van der Waals surface area contributed by atoms with E-state index in [1.54, 1.807) is 13.0 Å². The quantitative estimate of drug-likeness (QED) is 0.0327. The van der Waals surface area contributed by atoms with Crippen LogP contribution in [0.15, 0.2) is 47.6 Å². The number of hydrogen-bond acceptors (Lipinski definition) is 22. The molecule has 0 aromatic heterocycles. The number of rotatable bonds is 20. The first kappa shape index (κ1) is 56.2. The van der Waals surface area contributed by atoms with E-state index in [1.807, 2.05) is 26.0 Å². The van der Waals surface area contributed by atoms with Crippen LogP contribution < -0.4 is 0 Å². The molecule has 0 saturated carbocycles. The molecule has 0 bridgehead atoms. The second kappa shape index (κ2) is 25.0. The molecular weight excluding hydrogens is 880 g/mol. The van der Waals surface area contributed by atoms with Crippen LogP contribution in [-0.2, 0) is 42.7 Å². The van der Waals surface area contributed by atoms with E-state index >= 15 is 0 Å². The lowest BCUT2D eigenvalue weighted by Gasteiger charge is -2.45. The Kier molecular flexibility index (Phi) is 21.3. The Hall–Kier alpha value is -2.37. The molecule has 4 rings (SSSR count). The zero-order chi connectivity index (χ0) is 49.4. The first-order valence-electron chi connectivity index (χ1n) is 22.1. The van der Waals surface area contributed by atoms with Crippen LogP contribution in [0.3, 0.4) is 0 Å². The first-order valence-corrected chi connectivity index (χ1v) is 22.1. The van der Waals surface area contributed by atoms with Crippen molar-refractivity contribution in [3.05, 3.63) is 47.6 Å². The van der Waals surface area contributed by atoms with Gasteiger partial charge < -0.3 is 104 Å². The summed E-state index contributed by atoms with van der Waals surface area (Å²) in [6.07, 6.45) is -22.8. The number of ether oxygens (including phenoxy) is 8. The Balaban J connectivity index is 1.28. The summed E-state index contributed by atoms with van der Waals surface area (Å²) in [6.45, 7) is 12.3. The number of aliphatic hydroxyl groups excluding tert-OH is 13. The zero-order valence-corrected chi connectivity index (χ0v) is 38.1. The molecular formula is C44H72O22. The van der Waals surface area contributed by atoms with Gasteiger partial charge in [-0.05, 0) is 79.7 Å². The van der Waals surface area contributed by atoms with Crippen LogP contribution in [0.5, 0.6) is 0 Å². The molecule has 4 fully saturated rings. The van der Waals surface area contributed by atoms with Gasteiger partial charge >= 0.3 is 5.97 Å². The highest BCUT2D eigenvalue weighted by Gasteiger charge is 2.52. The van der Waals surface area contributed by atoms with Gasteiger partial charge in [0.15, 0.2) is 31.3 Å². The van der Waals surface area contributed by atoms with Gasteiger partial charge in [0, 0.05) is 5.57 Å². The maximum Gasteiger partial charge on any atom is 0.334 e. The fourth-order valence-corrected chi connectivity index (χ4v) is 7.88. The van der Waals surface area contributed by atoms with E-state index < -0.39 is 154 Å². The van der Waals surface area contributed by atoms with E-state index in [1.165, 1.54) is 26.8 Å². The summed E-state index contributed by atoms with van der Waals surface area (Å²) in [5.74, 6) is -0.989. The highest BCUT2D eigenvalue weighted by molar-refractivity contribution is 5.88. The van der Waals surface area contributed by atoms with Crippen molar-refractivity contribution in [3.63, 3.8) is 0 Å². The Morgan fingerprint density at radius 2 is 1.27 bits per heavy atom. The first-order chi connectivity index (χ1) is 30.9. The predicted octanol–water partition coefficient (Wildman–Crippen LogP) is -3.06. The third-order valence-corrected chi connectivity index (χ3v) is 12.3. The van der Waals surface area contributed by atoms with E-state index in [4.69, 9.17) is 37.9 Å². The van der Waals surface area contributed by atoms with Gasteiger partial charge in [-0.3, -0.25) is 0 Å². The number of allylic oxidation sites excluding steroid dienone is 3. The van der Waals surface area contributed by atoms with E-state index in [0.717, 1.165) is 11.1 Å². The molecule has 4 heterocycles. The average Bonchev–Trinajstić information content (AvgIpc) is 3.26. The predicted molar refractivity (Wildman–Crippen MR) is 226 cm³/mol. The van der Waals surface area contributed by atoms with E-state index in [-0.39, 0.29) is 12.0 Å². The van der Waals surface area contributed by atoms with E-state index in [9.17, 15) is 71.2 Å². The molecule has 0 spiro atoms.